The van der Waals surface area contributed by atoms with E-state index in [1.54, 1.807) is 12.1 Å². The monoisotopic (exact) mass is 474 g/mol. The van der Waals surface area contributed by atoms with Crippen molar-refractivity contribution >= 4 is 58.5 Å². The van der Waals surface area contributed by atoms with Crippen LogP contribution in [-0.2, 0) is 9.59 Å². The van der Waals surface area contributed by atoms with Gasteiger partial charge < -0.3 is 14.6 Å². The number of carboxylic acids is 1. The average Bonchev–Trinajstić information content (AvgIpc) is 2.72. The Bertz CT molecular complexity index is 1140. The Kier molecular flexibility index (Phi) is 6.81. The summed E-state index contributed by atoms with van der Waals surface area (Å²) in [5.74, 6) is -1.74. The molecule has 0 unspecified atom stereocenters. The number of nitrogens with zero attached hydrogens (tertiary/aromatic N) is 1. The summed E-state index contributed by atoms with van der Waals surface area (Å²) in [5, 5.41) is 11.7. The van der Waals surface area contributed by atoms with E-state index in [9.17, 15) is 14.4 Å². The molecule has 0 aromatic heterocycles. The second kappa shape index (κ2) is 9.37. The fraction of sp³-hybridized carbons (Fsp3) is 0.182. The van der Waals surface area contributed by atoms with E-state index in [-0.39, 0.29) is 27.4 Å². The van der Waals surface area contributed by atoms with E-state index in [2.05, 4.69) is 5.32 Å². The number of carbonyl (C=O) groups excluding carboxylic acids is 2. The van der Waals surface area contributed by atoms with Crippen molar-refractivity contribution < 1.29 is 29.0 Å². The first-order chi connectivity index (χ1) is 15.1. The Hall–Kier alpha value is -3.43. The van der Waals surface area contributed by atoms with Gasteiger partial charge in [-0.3, -0.25) is 19.8 Å². The molecule has 1 heterocycles. The minimum absolute atomic E-state index is 0.0503. The van der Waals surface area contributed by atoms with E-state index >= 15 is 0 Å². The quantitative estimate of drug-likeness (QED) is 0.374. The molecule has 0 atom stereocenters. The first-order valence-corrected chi connectivity index (χ1v) is 10.2. The van der Waals surface area contributed by atoms with Gasteiger partial charge in [-0.05, 0) is 74.1 Å². The lowest BCUT2D eigenvalue weighted by Crippen LogP contribution is -2.54. The maximum Gasteiger partial charge on any atom is 0.335 e. The number of methoxy groups -OCH3 is 1. The molecule has 2 aromatic rings. The molecular weight excluding hydrogens is 456 g/mol. The lowest BCUT2D eigenvalue weighted by Gasteiger charge is -2.29. The summed E-state index contributed by atoms with van der Waals surface area (Å²) >= 11 is 11.5. The van der Waals surface area contributed by atoms with Crippen LogP contribution in [-0.4, -0.2) is 41.2 Å². The topological polar surface area (TPSA) is 105 Å². The van der Waals surface area contributed by atoms with Crippen molar-refractivity contribution in [2.75, 3.05) is 12.0 Å². The normalized spacial score (nSPS) is 15.2. The summed E-state index contributed by atoms with van der Waals surface area (Å²) in [6.45, 7) is 3.69. The number of benzene rings is 2. The van der Waals surface area contributed by atoms with Crippen molar-refractivity contribution in [2.45, 2.75) is 20.0 Å². The number of anilines is 1. The summed E-state index contributed by atoms with van der Waals surface area (Å²) in [5.41, 5.74) is 0.619. The molecular formula is C22H19ClN2O6S. The molecule has 2 N–H and O–H groups in total. The standard InChI is InChI=1S/C22H19ClN2O6S/c1-11(2)31-18-16(23)9-12(10-17(18)30-3)8-15-19(26)24-22(32)25(20(15)27)14-6-4-13(5-7-14)21(28)29/h4-11H,1-3H3,(H,28,29)(H,24,26,32)/b15-8+. The number of amides is 2. The van der Waals surface area contributed by atoms with Crippen LogP contribution in [0.15, 0.2) is 42.0 Å². The highest BCUT2D eigenvalue weighted by Crippen LogP contribution is 2.38. The van der Waals surface area contributed by atoms with Crippen LogP contribution < -0.4 is 19.7 Å². The highest BCUT2D eigenvalue weighted by molar-refractivity contribution is 7.80. The van der Waals surface area contributed by atoms with Gasteiger partial charge in [0, 0.05) is 0 Å². The van der Waals surface area contributed by atoms with Crippen molar-refractivity contribution in [3.05, 3.63) is 58.1 Å². The molecule has 0 spiro atoms. The van der Waals surface area contributed by atoms with Crippen LogP contribution in [0.2, 0.25) is 5.02 Å². The lowest BCUT2D eigenvalue weighted by molar-refractivity contribution is -0.122. The van der Waals surface area contributed by atoms with Crippen molar-refractivity contribution in [3.8, 4) is 11.5 Å². The first kappa shape index (κ1) is 23.2. The van der Waals surface area contributed by atoms with Gasteiger partial charge in [-0.2, -0.15) is 0 Å². The molecule has 166 valence electrons. The van der Waals surface area contributed by atoms with Gasteiger partial charge in [0.2, 0.25) is 0 Å². The number of aromatic carboxylic acids is 1. The number of thiocarbonyl (C=S) groups is 1. The van der Waals surface area contributed by atoms with Gasteiger partial charge in [0.05, 0.1) is 29.5 Å². The van der Waals surface area contributed by atoms with Crippen LogP contribution in [0, 0.1) is 0 Å². The van der Waals surface area contributed by atoms with Gasteiger partial charge >= 0.3 is 5.97 Å². The largest absolute Gasteiger partial charge is 0.493 e. The Morgan fingerprint density at radius 2 is 1.88 bits per heavy atom. The van der Waals surface area contributed by atoms with Gasteiger partial charge in [-0.1, -0.05) is 11.6 Å². The first-order valence-electron chi connectivity index (χ1n) is 9.41. The number of hydrogen-bond donors (Lipinski definition) is 2. The molecule has 0 saturated carbocycles. The highest BCUT2D eigenvalue weighted by Gasteiger charge is 2.34. The number of rotatable bonds is 6. The molecule has 1 saturated heterocycles. The Morgan fingerprint density at radius 1 is 1.22 bits per heavy atom. The fourth-order valence-electron chi connectivity index (χ4n) is 2.98. The molecule has 10 heteroatoms. The Morgan fingerprint density at radius 3 is 2.44 bits per heavy atom. The minimum atomic E-state index is -1.10. The van der Waals surface area contributed by atoms with Crippen molar-refractivity contribution in [2.24, 2.45) is 0 Å². The summed E-state index contributed by atoms with van der Waals surface area (Å²) in [7, 11) is 1.45. The van der Waals surface area contributed by atoms with Crippen LogP contribution in [0.5, 0.6) is 11.5 Å². The summed E-state index contributed by atoms with van der Waals surface area (Å²) in [4.78, 5) is 37.8. The SMILES string of the molecule is COc1cc(/C=C2\C(=O)NC(=S)N(c3ccc(C(=O)O)cc3)C2=O)cc(Cl)c1OC(C)C. The van der Waals surface area contributed by atoms with E-state index in [1.165, 1.54) is 37.5 Å². The number of carbonyl (C=O) groups is 3. The number of hydrogen-bond acceptors (Lipinski definition) is 6. The van der Waals surface area contributed by atoms with Gasteiger partial charge in [0.1, 0.15) is 5.57 Å². The molecule has 0 bridgehead atoms. The van der Waals surface area contributed by atoms with Crippen LogP contribution >= 0.6 is 23.8 Å². The molecule has 1 aliphatic heterocycles. The molecule has 3 rings (SSSR count). The number of ether oxygens (including phenoxy) is 2. The molecule has 2 amide bonds. The van der Waals surface area contributed by atoms with E-state index in [0.29, 0.717) is 22.7 Å². The van der Waals surface area contributed by atoms with Crippen LogP contribution in [0.3, 0.4) is 0 Å². The smallest absolute Gasteiger partial charge is 0.335 e. The molecule has 32 heavy (non-hydrogen) atoms. The zero-order chi connectivity index (χ0) is 23.6. The number of nitrogens with one attached hydrogen (secondary N) is 1. The zero-order valence-electron chi connectivity index (χ0n) is 17.3. The molecule has 1 aliphatic rings. The highest BCUT2D eigenvalue weighted by atomic mass is 35.5. The molecule has 2 aromatic carbocycles. The molecule has 1 fully saturated rings. The molecule has 8 nitrogen and oxygen atoms in total. The van der Waals surface area contributed by atoms with E-state index < -0.39 is 17.8 Å². The lowest BCUT2D eigenvalue weighted by atomic mass is 10.1. The van der Waals surface area contributed by atoms with Crippen LogP contribution in [0.25, 0.3) is 6.08 Å². The van der Waals surface area contributed by atoms with E-state index in [1.807, 2.05) is 13.8 Å². The van der Waals surface area contributed by atoms with E-state index in [4.69, 9.17) is 38.4 Å². The third-order valence-electron chi connectivity index (χ3n) is 4.39. The zero-order valence-corrected chi connectivity index (χ0v) is 18.9. The summed E-state index contributed by atoms with van der Waals surface area (Å²) in [6, 6.07) is 8.68. The summed E-state index contributed by atoms with van der Waals surface area (Å²) in [6.07, 6.45) is 1.23. The maximum atomic E-state index is 13.1. The number of halogens is 1. The Labute approximate surface area is 194 Å². The van der Waals surface area contributed by atoms with Gasteiger partial charge in [0.15, 0.2) is 16.6 Å². The third kappa shape index (κ3) is 4.74. The van der Waals surface area contributed by atoms with Crippen molar-refractivity contribution in [1.82, 2.24) is 5.32 Å². The second-order valence-electron chi connectivity index (χ2n) is 7.01. The second-order valence-corrected chi connectivity index (χ2v) is 7.80. The van der Waals surface area contributed by atoms with Crippen molar-refractivity contribution in [1.29, 1.82) is 0 Å². The molecule has 0 aliphatic carbocycles. The third-order valence-corrected chi connectivity index (χ3v) is 4.96. The van der Waals surface area contributed by atoms with Gasteiger partial charge in [-0.25, -0.2) is 4.79 Å². The van der Waals surface area contributed by atoms with Crippen LogP contribution in [0.1, 0.15) is 29.8 Å². The van der Waals surface area contributed by atoms with Gasteiger partial charge in [-0.15, -0.1) is 0 Å². The Balaban J connectivity index is 2.00. The summed E-state index contributed by atoms with van der Waals surface area (Å²) < 4.78 is 11.0. The minimum Gasteiger partial charge on any atom is -0.493 e. The average molecular weight is 475 g/mol. The molecule has 0 radical (unpaired) electrons. The fourth-order valence-corrected chi connectivity index (χ4v) is 3.53. The van der Waals surface area contributed by atoms with Gasteiger partial charge in [0.25, 0.3) is 11.8 Å². The predicted molar refractivity (Wildman–Crippen MR) is 123 cm³/mol. The predicted octanol–water partition coefficient (Wildman–Crippen LogP) is 3.67. The van der Waals surface area contributed by atoms with Crippen molar-refractivity contribution in [3.63, 3.8) is 0 Å². The maximum absolute atomic E-state index is 13.1. The number of carboxylic acid groups (broad SMARTS) is 1. The van der Waals surface area contributed by atoms with E-state index in [0.717, 1.165) is 4.90 Å². The van der Waals surface area contributed by atoms with Crippen LogP contribution in [0.4, 0.5) is 5.69 Å².